The fraction of sp³-hybridized carbons (Fsp3) is 0.387. The van der Waals surface area contributed by atoms with E-state index in [0.717, 1.165) is 36.2 Å². The summed E-state index contributed by atoms with van der Waals surface area (Å²) in [4.78, 5) is 33.0. The first-order valence-corrected chi connectivity index (χ1v) is 13.2. The van der Waals surface area contributed by atoms with Gasteiger partial charge in [0.05, 0.1) is 5.56 Å². The van der Waals surface area contributed by atoms with Crippen LogP contribution < -0.4 is 5.32 Å². The van der Waals surface area contributed by atoms with Gasteiger partial charge in [0.15, 0.2) is 5.78 Å². The summed E-state index contributed by atoms with van der Waals surface area (Å²) in [6.07, 6.45) is -0.242. The Hall–Kier alpha value is -3.68. The molecule has 1 aliphatic heterocycles. The Labute approximate surface area is 226 Å². The normalized spacial score (nSPS) is 16.4. The van der Waals surface area contributed by atoms with Gasteiger partial charge in [0, 0.05) is 47.9 Å². The molecule has 2 aromatic carbocycles. The molecule has 0 radical (unpaired) electrons. The number of Topliss-reactive ketones (excluding diaryl/α,β-unsaturated/α-hetero) is 1. The number of rotatable bonds is 5. The summed E-state index contributed by atoms with van der Waals surface area (Å²) in [5.74, 6) is -0.0388. The van der Waals surface area contributed by atoms with Crippen molar-refractivity contribution in [2.75, 3.05) is 6.54 Å². The molecule has 0 atom stereocenters. The number of hydrogen-bond donors (Lipinski definition) is 1. The van der Waals surface area contributed by atoms with Crippen molar-refractivity contribution in [3.8, 4) is 11.1 Å². The Morgan fingerprint density at radius 3 is 2.41 bits per heavy atom. The number of carbonyl (C=O) groups is 2. The van der Waals surface area contributed by atoms with Crippen molar-refractivity contribution in [1.29, 1.82) is 0 Å². The van der Waals surface area contributed by atoms with Crippen LogP contribution in [0.1, 0.15) is 72.8 Å². The van der Waals surface area contributed by atoms with Crippen molar-refractivity contribution in [1.82, 2.24) is 15.2 Å². The van der Waals surface area contributed by atoms with Crippen LogP contribution in [0.4, 0.5) is 18.0 Å². The first-order valence-electron chi connectivity index (χ1n) is 13.2. The molecule has 5 rings (SSSR count). The highest BCUT2D eigenvalue weighted by Crippen LogP contribution is 2.51. The molecule has 2 amide bonds. The smallest absolute Gasteiger partial charge is 0.333 e. The molecule has 204 valence electrons. The SMILES string of the molecule is CC(C)(C)NC(=O)N1CCc2c(-c3cccc(C(F)(F)F)c3)ccc(C(=O)CC3(c4ccccn4)CC3)c2C1. The summed E-state index contributed by atoms with van der Waals surface area (Å²) in [5, 5.41) is 2.98. The second-order valence-corrected chi connectivity index (χ2v) is 11.6. The molecule has 39 heavy (non-hydrogen) atoms. The molecular formula is C31H32F3N3O2. The third kappa shape index (κ3) is 5.70. The molecule has 2 aliphatic rings. The van der Waals surface area contributed by atoms with Crippen molar-refractivity contribution in [2.45, 2.75) is 70.1 Å². The molecule has 1 aliphatic carbocycles. The van der Waals surface area contributed by atoms with Crippen molar-refractivity contribution in [2.24, 2.45) is 0 Å². The van der Waals surface area contributed by atoms with E-state index >= 15 is 0 Å². The molecular weight excluding hydrogens is 503 g/mol. The van der Waals surface area contributed by atoms with E-state index in [1.807, 2.05) is 39.0 Å². The van der Waals surface area contributed by atoms with Crippen LogP contribution in [0.2, 0.25) is 0 Å². The monoisotopic (exact) mass is 535 g/mol. The lowest BCUT2D eigenvalue weighted by molar-refractivity contribution is -0.137. The van der Waals surface area contributed by atoms with Crippen LogP contribution in [0, 0.1) is 0 Å². The number of hydrogen-bond acceptors (Lipinski definition) is 3. The number of amides is 2. The number of aromatic nitrogens is 1. The van der Waals surface area contributed by atoms with Crippen molar-refractivity contribution in [3.63, 3.8) is 0 Å². The average Bonchev–Trinajstić information content (AvgIpc) is 3.67. The summed E-state index contributed by atoms with van der Waals surface area (Å²) in [6, 6.07) is 14.2. The zero-order chi connectivity index (χ0) is 28.0. The molecule has 1 aromatic heterocycles. The van der Waals surface area contributed by atoms with Gasteiger partial charge in [-0.05, 0) is 86.6 Å². The highest BCUT2D eigenvalue weighted by atomic mass is 19.4. The fourth-order valence-corrected chi connectivity index (χ4v) is 5.40. The van der Waals surface area contributed by atoms with E-state index in [4.69, 9.17) is 0 Å². The number of halogens is 3. The first kappa shape index (κ1) is 26.9. The number of carbonyl (C=O) groups excluding carboxylic acids is 2. The minimum absolute atomic E-state index is 0.0388. The van der Waals surface area contributed by atoms with Gasteiger partial charge >= 0.3 is 12.2 Å². The van der Waals surface area contributed by atoms with E-state index in [1.54, 1.807) is 29.3 Å². The quantitative estimate of drug-likeness (QED) is 0.360. The lowest BCUT2D eigenvalue weighted by Crippen LogP contribution is -2.50. The van der Waals surface area contributed by atoms with Crippen LogP contribution in [-0.4, -0.2) is 33.8 Å². The van der Waals surface area contributed by atoms with Crippen LogP contribution in [0.3, 0.4) is 0 Å². The Bertz CT molecular complexity index is 1410. The van der Waals surface area contributed by atoms with Gasteiger partial charge in [-0.1, -0.05) is 30.3 Å². The predicted molar refractivity (Wildman–Crippen MR) is 143 cm³/mol. The van der Waals surface area contributed by atoms with Crippen LogP contribution in [0.15, 0.2) is 60.8 Å². The highest BCUT2D eigenvalue weighted by molar-refractivity contribution is 6.00. The predicted octanol–water partition coefficient (Wildman–Crippen LogP) is 6.94. The lowest BCUT2D eigenvalue weighted by atomic mass is 9.83. The summed E-state index contributed by atoms with van der Waals surface area (Å²) >= 11 is 0. The molecule has 8 heteroatoms. The summed E-state index contributed by atoms with van der Waals surface area (Å²) in [7, 11) is 0. The first-order chi connectivity index (χ1) is 18.4. The maximum absolute atomic E-state index is 13.8. The standard InChI is InChI=1S/C31H32F3N3O2/c1-29(2,3)36-28(39)37-16-12-23-22(20-7-6-8-21(17-20)31(32,33)34)10-11-24(25(23)19-37)26(38)18-30(13-14-30)27-9-4-5-15-35-27/h4-11,15,17H,12-14,16,18-19H2,1-3H3,(H,36,39). The molecule has 3 aromatic rings. The van der Waals surface area contributed by atoms with Crippen molar-refractivity contribution >= 4 is 11.8 Å². The van der Waals surface area contributed by atoms with E-state index < -0.39 is 17.3 Å². The van der Waals surface area contributed by atoms with E-state index in [9.17, 15) is 22.8 Å². The maximum Gasteiger partial charge on any atom is 0.416 e. The van der Waals surface area contributed by atoms with E-state index in [2.05, 4.69) is 10.3 Å². The van der Waals surface area contributed by atoms with Crippen LogP contribution in [0.25, 0.3) is 11.1 Å². The summed E-state index contributed by atoms with van der Waals surface area (Å²) in [6.45, 7) is 6.31. The Morgan fingerprint density at radius 1 is 1.00 bits per heavy atom. The molecule has 1 fully saturated rings. The molecule has 1 N–H and O–H groups in total. The topological polar surface area (TPSA) is 62.3 Å². The molecule has 0 saturated heterocycles. The number of alkyl halides is 3. The van der Waals surface area contributed by atoms with Gasteiger partial charge in [0.1, 0.15) is 0 Å². The second-order valence-electron chi connectivity index (χ2n) is 11.6. The molecule has 0 spiro atoms. The summed E-state index contributed by atoms with van der Waals surface area (Å²) in [5.41, 5.74) is 2.62. The van der Waals surface area contributed by atoms with Crippen LogP contribution in [0.5, 0.6) is 0 Å². The number of fused-ring (bicyclic) bond motifs is 1. The Kier molecular flexibility index (Phi) is 6.77. The second kappa shape index (κ2) is 9.81. The number of pyridine rings is 1. The highest BCUT2D eigenvalue weighted by Gasteiger charge is 2.47. The van der Waals surface area contributed by atoms with E-state index in [-0.39, 0.29) is 23.8 Å². The van der Waals surface area contributed by atoms with Gasteiger partial charge in [-0.3, -0.25) is 9.78 Å². The summed E-state index contributed by atoms with van der Waals surface area (Å²) < 4.78 is 40.4. The molecule has 0 unspecified atom stereocenters. The average molecular weight is 536 g/mol. The molecule has 1 saturated carbocycles. The Balaban J connectivity index is 1.53. The zero-order valence-corrected chi connectivity index (χ0v) is 22.4. The fourth-order valence-electron chi connectivity index (χ4n) is 5.40. The van der Waals surface area contributed by atoms with Gasteiger partial charge in [-0.2, -0.15) is 13.2 Å². The number of nitrogens with one attached hydrogen (secondary N) is 1. The van der Waals surface area contributed by atoms with Crippen LogP contribution >= 0.6 is 0 Å². The lowest BCUT2D eigenvalue weighted by Gasteiger charge is -2.34. The maximum atomic E-state index is 13.8. The number of urea groups is 1. The van der Waals surface area contributed by atoms with Crippen molar-refractivity contribution in [3.05, 3.63) is 88.7 Å². The van der Waals surface area contributed by atoms with Gasteiger partial charge in [0.2, 0.25) is 0 Å². The molecule has 5 nitrogen and oxygen atoms in total. The van der Waals surface area contributed by atoms with Gasteiger partial charge in [0.25, 0.3) is 0 Å². The molecule has 0 bridgehead atoms. The van der Waals surface area contributed by atoms with Gasteiger partial charge < -0.3 is 10.2 Å². The third-order valence-corrected chi connectivity index (χ3v) is 7.54. The van der Waals surface area contributed by atoms with Gasteiger partial charge in [-0.15, -0.1) is 0 Å². The van der Waals surface area contributed by atoms with E-state index in [0.29, 0.717) is 41.6 Å². The minimum Gasteiger partial charge on any atom is -0.333 e. The number of ketones is 1. The minimum atomic E-state index is -4.46. The van der Waals surface area contributed by atoms with E-state index in [1.165, 1.54) is 6.07 Å². The van der Waals surface area contributed by atoms with Crippen LogP contribution in [-0.2, 0) is 24.6 Å². The van der Waals surface area contributed by atoms with Gasteiger partial charge in [-0.25, -0.2) is 4.79 Å². The zero-order valence-electron chi connectivity index (χ0n) is 22.4. The number of benzene rings is 2. The number of nitrogens with zero attached hydrogens (tertiary/aromatic N) is 2. The molecule has 2 heterocycles. The third-order valence-electron chi connectivity index (χ3n) is 7.54. The largest absolute Gasteiger partial charge is 0.416 e. The van der Waals surface area contributed by atoms with Crippen molar-refractivity contribution < 1.29 is 22.8 Å². The Morgan fingerprint density at radius 2 is 1.77 bits per heavy atom.